The number of nitrogens with two attached hydrogens (primary N) is 1. The number of aromatic hydroxyl groups is 1. The summed E-state index contributed by atoms with van der Waals surface area (Å²) in [7, 11) is 12.8. The number of amides is 1. The fourth-order valence-corrected chi connectivity index (χ4v) is 7.21. The molecule has 0 spiro atoms. The third-order valence-electron chi connectivity index (χ3n) is 9.46. The summed E-state index contributed by atoms with van der Waals surface area (Å²) >= 11 is 0. The van der Waals surface area contributed by atoms with Crippen molar-refractivity contribution in [2.24, 2.45) is 17.6 Å². The molecule has 0 radical (unpaired) electrons. The number of anilines is 1. The third-order valence-corrected chi connectivity index (χ3v) is 9.46. The van der Waals surface area contributed by atoms with E-state index in [0.717, 1.165) is 13.1 Å². The van der Waals surface area contributed by atoms with Crippen LogP contribution in [0.25, 0.3) is 11.3 Å². The number of rotatable bonds is 9. The molecule has 0 bridgehead atoms. The molecule has 13 nitrogen and oxygen atoms in total. The Balaban J connectivity index is 1.62. The first-order valence-corrected chi connectivity index (χ1v) is 15.1. The maximum atomic E-state index is 14.3. The first kappa shape index (κ1) is 33.2. The Morgan fingerprint density at radius 2 is 1.72 bits per heavy atom. The Morgan fingerprint density at radius 3 is 2.30 bits per heavy atom. The number of hydrogen-bond donors (Lipinski definition) is 5. The van der Waals surface area contributed by atoms with E-state index >= 15 is 0 Å². The van der Waals surface area contributed by atoms with Gasteiger partial charge in [0, 0.05) is 44.4 Å². The maximum absolute atomic E-state index is 14.3. The number of nitrogens with zero attached hydrogens (tertiary/aromatic N) is 4. The van der Waals surface area contributed by atoms with Crippen molar-refractivity contribution in [3.63, 3.8) is 0 Å². The van der Waals surface area contributed by atoms with E-state index in [2.05, 4.69) is 9.80 Å². The highest BCUT2D eigenvalue weighted by Crippen LogP contribution is 2.54. The summed E-state index contributed by atoms with van der Waals surface area (Å²) in [6, 6.07) is 4.25. The molecule has 1 heterocycles. The van der Waals surface area contributed by atoms with Gasteiger partial charge in [-0.1, -0.05) is 0 Å². The lowest BCUT2D eigenvalue weighted by Crippen LogP contribution is -2.63. The van der Waals surface area contributed by atoms with Gasteiger partial charge in [-0.15, -0.1) is 0 Å². The molecule has 0 saturated carbocycles. The summed E-state index contributed by atoms with van der Waals surface area (Å²) in [5.74, 6) is -5.88. The highest BCUT2D eigenvalue weighted by molar-refractivity contribution is 6.25. The van der Waals surface area contributed by atoms with Crippen LogP contribution in [0.2, 0.25) is 0 Å². The molecule has 2 aromatic rings. The Hall–Kier alpha value is -4.17. The summed E-state index contributed by atoms with van der Waals surface area (Å²) in [5.41, 5.74) is 3.08. The van der Waals surface area contributed by atoms with E-state index in [-0.39, 0.29) is 35.3 Å². The maximum Gasteiger partial charge on any atom is 0.255 e. The first-order valence-electron chi connectivity index (χ1n) is 15.1. The zero-order chi connectivity index (χ0) is 34.0. The van der Waals surface area contributed by atoms with Crippen LogP contribution >= 0.6 is 0 Å². The molecule has 4 atom stereocenters. The van der Waals surface area contributed by atoms with Crippen LogP contribution in [-0.2, 0) is 22.6 Å². The second-order valence-electron chi connectivity index (χ2n) is 13.3. The highest BCUT2D eigenvalue weighted by Gasteiger charge is 2.63. The van der Waals surface area contributed by atoms with Gasteiger partial charge in [-0.2, -0.15) is 0 Å². The van der Waals surface area contributed by atoms with Gasteiger partial charge in [0.15, 0.2) is 11.4 Å². The quantitative estimate of drug-likeness (QED) is 0.250. The number of aliphatic hydroxyl groups is 3. The lowest BCUT2D eigenvalue weighted by atomic mass is 9.58. The normalized spacial score (nSPS) is 24.5. The monoisotopic (exact) mass is 637 g/mol. The number of benzene rings is 1. The number of carbonyl (C=O) groups excluding carboxylic acids is 3. The van der Waals surface area contributed by atoms with Crippen LogP contribution < -0.4 is 10.6 Å². The second kappa shape index (κ2) is 11.9. The summed E-state index contributed by atoms with van der Waals surface area (Å²) in [6.07, 6.45) is 0.208. The number of aliphatic hydroxyl groups excluding tert-OH is 2. The average molecular weight is 638 g/mol. The van der Waals surface area contributed by atoms with Crippen LogP contribution in [0.4, 0.5) is 5.69 Å². The Kier molecular flexibility index (Phi) is 8.58. The SMILES string of the molecule is CN(C)CCN(C)Cc1ccc(-c2cc(N(C)C)c3c(c2O)C(=O)C2=C(O)[C@]4(O)C(=O)C(C(N)=O)=C(O)[C@@H](N(C)C)[C@@H]4C[C@@H]2C3)o1. The van der Waals surface area contributed by atoms with Crippen LogP contribution in [0.5, 0.6) is 5.75 Å². The van der Waals surface area contributed by atoms with Crippen molar-refractivity contribution in [3.05, 3.63) is 57.8 Å². The summed E-state index contributed by atoms with van der Waals surface area (Å²) in [4.78, 5) is 47.7. The number of hydrogen-bond acceptors (Lipinski definition) is 12. The molecule has 1 aromatic heterocycles. The van der Waals surface area contributed by atoms with Gasteiger partial charge >= 0.3 is 0 Å². The fourth-order valence-electron chi connectivity index (χ4n) is 7.21. The van der Waals surface area contributed by atoms with Crippen LogP contribution in [0, 0.1) is 11.8 Å². The smallest absolute Gasteiger partial charge is 0.255 e. The molecule has 6 N–H and O–H groups in total. The number of primary amides is 1. The molecule has 248 valence electrons. The molecule has 0 unspecified atom stereocenters. The van der Waals surface area contributed by atoms with Crippen molar-refractivity contribution in [1.82, 2.24) is 14.7 Å². The number of fused-ring (bicyclic) bond motifs is 3. The van der Waals surface area contributed by atoms with Crippen LogP contribution in [0.1, 0.15) is 28.1 Å². The van der Waals surface area contributed by atoms with E-state index in [4.69, 9.17) is 10.2 Å². The number of likely N-dealkylation sites (N-methyl/N-ethyl adjacent to an activating group) is 3. The van der Waals surface area contributed by atoms with E-state index in [0.29, 0.717) is 29.3 Å². The van der Waals surface area contributed by atoms with Crippen LogP contribution in [-0.4, -0.2) is 127 Å². The zero-order valence-corrected chi connectivity index (χ0v) is 27.3. The number of phenols is 1. The van der Waals surface area contributed by atoms with Gasteiger partial charge in [-0.05, 0) is 77.8 Å². The van der Waals surface area contributed by atoms with Crippen molar-refractivity contribution < 1.29 is 39.2 Å². The van der Waals surface area contributed by atoms with E-state index in [1.54, 1.807) is 26.2 Å². The van der Waals surface area contributed by atoms with Crippen LogP contribution in [0.15, 0.2) is 45.3 Å². The van der Waals surface area contributed by atoms with Crippen molar-refractivity contribution in [2.75, 3.05) is 67.3 Å². The molecule has 3 aliphatic carbocycles. The largest absolute Gasteiger partial charge is 0.510 e. The molecule has 0 fully saturated rings. The Bertz CT molecular complexity index is 1670. The zero-order valence-electron chi connectivity index (χ0n) is 27.3. The minimum absolute atomic E-state index is 0.0179. The van der Waals surface area contributed by atoms with Gasteiger partial charge in [-0.25, -0.2) is 0 Å². The van der Waals surface area contributed by atoms with Gasteiger partial charge in [0.25, 0.3) is 5.91 Å². The Labute approximate surface area is 267 Å². The van der Waals surface area contributed by atoms with Crippen molar-refractivity contribution in [2.45, 2.75) is 31.0 Å². The molecule has 0 aliphatic heterocycles. The Morgan fingerprint density at radius 1 is 1.04 bits per heavy atom. The highest BCUT2D eigenvalue weighted by atomic mass is 16.4. The third kappa shape index (κ3) is 5.16. The van der Waals surface area contributed by atoms with E-state index < -0.39 is 58.0 Å². The van der Waals surface area contributed by atoms with E-state index in [1.807, 2.05) is 46.2 Å². The minimum atomic E-state index is -2.70. The first-order chi connectivity index (χ1) is 21.5. The summed E-state index contributed by atoms with van der Waals surface area (Å²) in [6.45, 7) is 2.21. The lowest BCUT2D eigenvalue weighted by molar-refractivity contribution is -0.148. The number of phenolic OH excluding ortho intramolecular Hbond substituents is 1. The number of furan rings is 1. The summed E-state index contributed by atoms with van der Waals surface area (Å²) in [5, 5.41) is 46.1. The summed E-state index contributed by atoms with van der Waals surface area (Å²) < 4.78 is 6.13. The second-order valence-corrected chi connectivity index (χ2v) is 13.3. The molecule has 46 heavy (non-hydrogen) atoms. The predicted molar refractivity (Wildman–Crippen MR) is 171 cm³/mol. The van der Waals surface area contributed by atoms with Gasteiger partial charge in [-0.3, -0.25) is 24.2 Å². The lowest BCUT2D eigenvalue weighted by Gasteiger charge is -2.50. The number of Topliss-reactive ketones (excluding diaryl/α,β-unsaturated/α-hetero) is 2. The van der Waals surface area contributed by atoms with Crippen molar-refractivity contribution >= 4 is 23.2 Å². The molecule has 5 rings (SSSR count). The number of allylic oxidation sites excluding steroid dienone is 1. The van der Waals surface area contributed by atoms with Gasteiger partial charge in [0.2, 0.25) is 5.78 Å². The number of ketones is 2. The average Bonchev–Trinajstić information content (AvgIpc) is 3.41. The fraction of sp³-hybridized carbons (Fsp3) is 0.485. The minimum Gasteiger partial charge on any atom is -0.510 e. The van der Waals surface area contributed by atoms with Gasteiger partial charge in [0.05, 0.1) is 23.7 Å². The topological polar surface area (TPSA) is 184 Å². The molecule has 1 amide bonds. The molecule has 3 aliphatic rings. The molecular formula is C33H43N5O8. The predicted octanol–water partition coefficient (Wildman–Crippen LogP) is 1.44. The van der Waals surface area contributed by atoms with Crippen molar-refractivity contribution in [1.29, 1.82) is 0 Å². The molecule has 0 saturated heterocycles. The number of carbonyl (C=O) groups is 3. The van der Waals surface area contributed by atoms with Gasteiger partial charge in [0.1, 0.15) is 34.4 Å². The van der Waals surface area contributed by atoms with E-state index in [1.165, 1.54) is 4.90 Å². The molecule has 13 heteroatoms. The van der Waals surface area contributed by atoms with Crippen LogP contribution in [0.3, 0.4) is 0 Å². The van der Waals surface area contributed by atoms with E-state index in [9.17, 15) is 34.8 Å². The molecular weight excluding hydrogens is 594 g/mol. The standard InChI is InChI=1S/C33H43N5O8/c1-35(2)10-11-38(7)15-17-8-9-22(46-17)19-14-21(36(3)4)18-12-16-13-20-26(37(5)6)29(41)25(32(34)44)31(43)33(20,45)30(42)23(16)28(40)24(18)27(19)39/h8-9,14,16,20,26,39,41-42,45H,10-13,15H2,1-7H3,(H2,34,44)/t16-,20-,26-,33-/m0/s1. The van der Waals surface area contributed by atoms with Gasteiger partial charge < -0.3 is 40.4 Å². The van der Waals surface area contributed by atoms with Crippen molar-refractivity contribution in [3.8, 4) is 17.1 Å². The molecule has 1 aromatic carbocycles.